The summed E-state index contributed by atoms with van der Waals surface area (Å²) in [6.45, 7) is 13.0. The number of unbranched alkanes of at least 4 members (excludes halogenated alkanes) is 10. The SMILES string of the molecule is C=CCO[C@@]12Oc3ccc(O)cc3[C@H]3[C@H](CCCCO)[C@@H](CCCCO)C=C(C(=NOC(C)(C)C)C[C@@H]1N(CCOCCO)C(=O)CCCCCCCCCCC)[C@H]32. The van der Waals surface area contributed by atoms with Crippen LogP contribution in [0.4, 0.5) is 0 Å². The number of carbonyl (C=O) groups excluding carboxylic acids is 1. The molecule has 0 radical (unpaired) electrons. The van der Waals surface area contributed by atoms with Gasteiger partial charge in [-0.15, -0.1) is 6.58 Å². The van der Waals surface area contributed by atoms with Crippen molar-refractivity contribution in [3.8, 4) is 11.5 Å². The van der Waals surface area contributed by atoms with Crippen molar-refractivity contribution in [3.63, 3.8) is 0 Å². The highest BCUT2D eigenvalue weighted by atomic mass is 16.7. The Labute approximate surface area is 348 Å². The first-order valence-electron chi connectivity index (χ1n) is 22.5. The lowest BCUT2D eigenvalue weighted by Crippen LogP contribution is -2.70. The number of fused-ring (bicyclic) bond motifs is 2. The van der Waals surface area contributed by atoms with Gasteiger partial charge in [-0.3, -0.25) is 4.79 Å². The average Bonchev–Trinajstić information content (AvgIpc) is 3.20. The maximum Gasteiger partial charge on any atom is 0.239 e. The molecule has 328 valence electrons. The third kappa shape index (κ3) is 13.0. The maximum absolute atomic E-state index is 14.7. The highest BCUT2D eigenvalue weighted by Crippen LogP contribution is 2.62. The lowest BCUT2D eigenvalue weighted by Gasteiger charge is -2.60. The number of amides is 1. The highest BCUT2D eigenvalue weighted by Gasteiger charge is 2.65. The molecular weight excluding hydrogens is 737 g/mol. The van der Waals surface area contributed by atoms with Crippen LogP contribution in [0, 0.1) is 17.8 Å². The molecule has 58 heavy (non-hydrogen) atoms. The minimum absolute atomic E-state index is 0.0144. The highest BCUT2D eigenvalue weighted by molar-refractivity contribution is 6.03. The van der Waals surface area contributed by atoms with E-state index in [2.05, 4.69) is 19.6 Å². The predicted octanol–water partition coefficient (Wildman–Crippen LogP) is 8.58. The van der Waals surface area contributed by atoms with Crippen LogP contribution in [-0.4, -0.2) is 101 Å². The fourth-order valence-corrected chi connectivity index (χ4v) is 9.36. The molecule has 11 nitrogen and oxygen atoms in total. The molecule has 3 aliphatic rings. The molecule has 1 saturated carbocycles. The summed E-state index contributed by atoms with van der Waals surface area (Å²) >= 11 is 0. The summed E-state index contributed by atoms with van der Waals surface area (Å²) in [4.78, 5) is 22.8. The van der Waals surface area contributed by atoms with E-state index < -0.39 is 23.3 Å². The maximum atomic E-state index is 14.7. The molecule has 1 fully saturated rings. The van der Waals surface area contributed by atoms with Crippen molar-refractivity contribution in [3.05, 3.63) is 48.1 Å². The molecule has 1 aromatic rings. The van der Waals surface area contributed by atoms with Gasteiger partial charge in [0.2, 0.25) is 11.7 Å². The summed E-state index contributed by atoms with van der Waals surface area (Å²) in [6.07, 6.45) is 19.7. The van der Waals surface area contributed by atoms with Crippen LogP contribution >= 0.6 is 0 Å². The Kier molecular flexibility index (Phi) is 20.0. The van der Waals surface area contributed by atoms with Gasteiger partial charge in [-0.2, -0.15) is 0 Å². The Morgan fingerprint density at radius 1 is 0.948 bits per heavy atom. The fraction of sp³-hybridized carbons (Fsp3) is 0.745. The number of benzene rings is 1. The molecule has 1 amide bonds. The van der Waals surface area contributed by atoms with Gasteiger partial charge in [-0.25, -0.2) is 0 Å². The largest absolute Gasteiger partial charge is 0.508 e. The normalized spacial score (nSPS) is 24.4. The molecule has 0 aromatic heterocycles. The number of aromatic hydroxyl groups is 1. The van der Waals surface area contributed by atoms with Crippen LogP contribution in [0.5, 0.6) is 11.5 Å². The first kappa shape index (κ1) is 47.7. The van der Waals surface area contributed by atoms with E-state index in [1.54, 1.807) is 12.1 Å². The van der Waals surface area contributed by atoms with Gasteiger partial charge in [0.05, 0.1) is 38.1 Å². The summed E-state index contributed by atoms with van der Waals surface area (Å²) in [5.74, 6) is -1.13. The van der Waals surface area contributed by atoms with E-state index in [1.165, 1.54) is 38.5 Å². The number of ether oxygens (including phenoxy) is 3. The number of oxime groups is 1. The summed E-state index contributed by atoms with van der Waals surface area (Å²) in [6, 6.07) is 4.61. The summed E-state index contributed by atoms with van der Waals surface area (Å²) in [5.41, 5.74) is 1.99. The monoisotopic (exact) mass is 813 g/mol. The second-order valence-corrected chi connectivity index (χ2v) is 17.5. The second-order valence-electron chi connectivity index (χ2n) is 17.5. The molecule has 0 saturated heterocycles. The van der Waals surface area contributed by atoms with Crippen LogP contribution in [0.3, 0.4) is 0 Å². The second kappa shape index (κ2) is 24.3. The molecular formula is C47H76N2O9. The van der Waals surface area contributed by atoms with E-state index in [0.717, 1.165) is 61.8 Å². The third-order valence-electron chi connectivity index (χ3n) is 12.0. The molecule has 1 heterocycles. The van der Waals surface area contributed by atoms with Gasteiger partial charge in [0.25, 0.3) is 0 Å². The quantitative estimate of drug-likeness (QED) is 0.0371. The van der Waals surface area contributed by atoms with Crippen molar-refractivity contribution in [1.29, 1.82) is 0 Å². The molecule has 4 N–H and O–H groups in total. The number of carbonyl (C=O) groups is 1. The van der Waals surface area contributed by atoms with Crippen molar-refractivity contribution in [2.45, 2.75) is 160 Å². The van der Waals surface area contributed by atoms with Crippen LogP contribution < -0.4 is 4.74 Å². The number of phenolic OH excluding ortho intramolecular Hbond substituents is 1. The van der Waals surface area contributed by atoms with E-state index in [0.29, 0.717) is 31.4 Å². The van der Waals surface area contributed by atoms with E-state index >= 15 is 0 Å². The minimum atomic E-state index is -1.37. The Balaban J connectivity index is 1.86. The first-order chi connectivity index (χ1) is 28.0. The number of aliphatic hydroxyl groups is 3. The smallest absolute Gasteiger partial charge is 0.239 e. The molecule has 0 unspecified atom stereocenters. The van der Waals surface area contributed by atoms with E-state index in [9.17, 15) is 25.2 Å². The van der Waals surface area contributed by atoms with Crippen LogP contribution in [0.25, 0.3) is 0 Å². The van der Waals surface area contributed by atoms with Gasteiger partial charge in [0, 0.05) is 44.1 Å². The summed E-state index contributed by atoms with van der Waals surface area (Å²) in [7, 11) is 0. The van der Waals surface area contributed by atoms with Gasteiger partial charge in [-0.1, -0.05) is 88.4 Å². The Bertz CT molecular complexity index is 1460. The minimum Gasteiger partial charge on any atom is -0.508 e. The van der Waals surface area contributed by atoms with Gasteiger partial charge in [0.1, 0.15) is 23.1 Å². The van der Waals surface area contributed by atoms with Crippen molar-refractivity contribution < 1.29 is 44.3 Å². The van der Waals surface area contributed by atoms with E-state index in [-0.39, 0.29) is 75.6 Å². The van der Waals surface area contributed by atoms with Gasteiger partial charge in [-0.05, 0) is 88.5 Å². The molecule has 0 bridgehead atoms. The molecule has 4 rings (SSSR count). The zero-order valence-electron chi connectivity index (χ0n) is 36.2. The zero-order chi connectivity index (χ0) is 42.0. The predicted molar refractivity (Wildman–Crippen MR) is 229 cm³/mol. The van der Waals surface area contributed by atoms with Crippen LogP contribution in [0.15, 0.2) is 47.7 Å². The number of allylic oxidation sites excluding steroid dienone is 1. The third-order valence-corrected chi connectivity index (χ3v) is 12.0. The molecule has 1 aromatic carbocycles. The summed E-state index contributed by atoms with van der Waals surface area (Å²) in [5, 5.41) is 45.1. The number of hydrogen-bond acceptors (Lipinski definition) is 10. The molecule has 1 aliphatic heterocycles. The standard InChI is InChI=1S/C47H76N2O9/c1-6-8-9-10-11-12-13-14-15-22-43(54)49(25-30-55-31-28-52)42-34-40(48-58-46(3,4)5)38-32-35(20-16-18-26-50)37(21-17-19-27-51)44-39-33-36(53)23-24-41(39)57-47(42,45(38)44)56-29-7-2/h7,23-24,32-33,35,37,42,44-45,50-53H,2,6,8-22,25-31,34H2,1,3-5H3/t35-,37+,42-,44+,45+,47+/m0/s1. The topological polar surface area (TPSA) is 151 Å². The fourth-order valence-electron chi connectivity index (χ4n) is 9.36. The zero-order valence-corrected chi connectivity index (χ0v) is 36.2. The molecule has 11 heteroatoms. The Morgan fingerprint density at radius 3 is 2.29 bits per heavy atom. The number of aliphatic hydroxyl groups excluding tert-OH is 3. The van der Waals surface area contributed by atoms with E-state index in [4.69, 9.17) is 24.2 Å². The number of hydrogen-bond donors (Lipinski definition) is 4. The molecule has 0 spiro atoms. The van der Waals surface area contributed by atoms with E-state index in [1.807, 2.05) is 37.8 Å². The number of phenols is 1. The molecule has 2 aliphatic carbocycles. The first-order valence-corrected chi connectivity index (χ1v) is 22.5. The van der Waals surface area contributed by atoms with Crippen LogP contribution in [-0.2, 0) is 19.1 Å². The number of rotatable bonds is 28. The van der Waals surface area contributed by atoms with Crippen molar-refractivity contribution in [2.75, 3.05) is 46.2 Å². The van der Waals surface area contributed by atoms with Crippen molar-refractivity contribution in [1.82, 2.24) is 4.90 Å². The number of nitrogens with zero attached hydrogens (tertiary/aromatic N) is 2. The lowest BCUT2D eigenvalue weighted by atomic mass is 9.55. The Hall–Kier alpha value is -2.96. The lowest BCUT2D eigenvalue weighted by molar-refractivity contribution is -0.258. The van der Waals surface area contributed by atoms with Crippen LogP contribution in [0.1, 0.15) is 148 Å². The molecule has 6 atom stereocenters. The van der Waals surface area contributed by atoms with Gasteiger partial charge in [0.15, 0.2) is 0 Å². The van der Waals surface area contributed by atoms with Gasteiger partial charge < -0.3 is 44.4 Å². The Morgan fingerprint density at radius 2 is 1.64 bits per heavy atom. The van der Waals surface area contributed by atoms with Crippen molar-refractivity contribution >= 4 is 11.6 Å². The summed E-state index contributed by atoms with van der Waals surface area (Å²) < 4.78 is 20.1. The average molecular weight is 813 g/mol. The van der Waals surface area contributed by atoms with Gasteiger partial charge >= 0.3 is 0 Å². The van der Waals surface area contributed by atoms with Crippen molar-refractivity contribution in [2.24, 2.45) is 22.9 Å². The van der Waals surface area contributed by atoms with Crippen LogP contribution in [0.2, 0.25) is 0 Å².